The van der Waals surface area contributed by atoms with Crippen LogP contribution >= 0.6 is 0 Å². The lowest BCUT2D eigenvalue weighted by Gasteiger charge is -2.22. The van der Waals surface area contributed by atoms with E-state index in [-0.39, 0.29) is 5.97 Å². The number of rotatable bonds is 4. The molecule has 6 aromatic carbocycles. The average Bonchev–Trinajstić information content (AvgIpc) is 2.85. The zero-order valence-electron chi connectivity index (χ0n) is 18.3. The minimum absolute atomic E-state index is 0.388. The summed E-state index contributed by atoms with van der Waals surface area (Å²) >= 11 is 0. The van der Waals surface area contributed by atoms with Gasteiger partial charge in [-0.3, -0.25) is 0 Å². The molecule has 0 bridgehead atoms. The molecular weight excluding hydrogens is 404 g/mol. The van der Waals surface area contributed by atoms with E-state index in [2.05, 4.69) is 91.5 Å². The molecular formula is C31H22O2. The molecule has 0 radical (unpaired) electrons. The van der Waals surface area contributed by atoms with Gasteiger partial charge in [-0.1, -0.05) is 97.6 Å². The number of carbonyl (C=O) groups excluding carboxylic acids is 1. The van der Waals surface area contributed by atoms with Crippen LogP contribution in [0.25, 0.3) is 43.1 Å². The Hall–Kier alpha value is -4.17. The Balaban J connectivity index is 1.63. The third-order valence-corrected chi connectivity index (χ3v) is 6.49. The van der Waals surface area contributed by atoms with E-state index in [1.807, 2.05) is 12.1 Å². The number of esters is 1. The normalized spacial score (nSPS) is 12.5. The van der Waals surface area contributed by atoms with Crippen molar-refractivity contribution in [3.05, 3.63) is 120 Å². The highest BCUT2D eigenvalue weighted by Gasteiger charge is 2.23. The van der Waals surface area contributed by atoms with Crippen molar-refractivity contribution in [2.24, 2.45) is 0 Å². The molecule has 0 aliphatic carbocycles. The van der Waals surface area contributed by atoms with Crippen molar-refractivity contribution in [2.75, 3.05) is 0 Å². The van der Waals surface area contributed by atoms with Crippen LogP contribution in [-0.4, -0.2) is 5.97 Å². The van der Waals surface area contributed by atoms with Gasteiger partial charge in [-0.25, -0.2) is 4.79 Å². The maximum Gasteiger partial charge on any atom is 0.334 e. The van der Waals surface area contributed by atoms with Gasteiger partial charge in [0.25, 0.3) is 0 Å². The molecule has 1 atom stereocenters. The Morgan fingerprint density at radius 2 is 1.30 bits per heavy atom. The number of hydrogen-bond donors (Lipinski definition) is 0. The highest BCUT2D eigenvalue weighted by Crippen LogP contribution is 2.40. The van der Waals surface area contributed by atoms with E-state index >= 15 is 0 Å². The molecule has 0 amide bonds. The van der Waals surface area contributed by atoms with Crippen LogP contribution in [0.3, 0.4) is 0 Å². The molecule has 0 aliphatic heterocycles. The van der Waals surface area contributed by atoms with E-state index in [1.165, 1.54) is 26.9 Å². The molecule has 0 heterocycles. The van der Waals surface area contributed by atoms with E-state index < -0.39 is 6.10 Å². The summed E-state index contributed by atoms with van der Waals surface area (Å²) in [6.45, 7) is 5.48. The number of benzene rings is 6. The van der Waals surface area contributed by atoms with E-state index in [1.54, 1.807) is 6.92 Å². The van der Waals surface area contributed by atoms with Crippen molar-refractivity contribution in [3.63, 3.8) is 0 Å². The van der Waals surface area contributed by atoms with Crippen LogP contribution in [0.15, 0.2) is 109 Å². The first-order chi connectivity index (χ1) is 16.1. The van der Waals surface area contributed by atoms with Gasteiger partial charge in [-0.05, 0) is 61.6 Å². The molecule has 0 fully saturated rings. The minimum Gasteiger partial charge on any atom is -0.449 e. The fourth-order valence-electron chi connectivity index (χ4n) is 4.88. The van der Waals surface area contributed by atoms with Crippen LogP contribution in [0, 0.1) is 0 Å². The second-order valence-electron chi connectivity index (χ2n) is 8.68. The largest absolute Gasteiger partial charge is 0.449 e. The third-order valence-electron chi connectivity index (χ3n) is 6.49. The molecule has 33 heavy (non-hydrogen) atoms. The van der Waals surface area contributed by atoms with E-state index in [0.29, 0.717) is 5.57 Å². The zero-order chi connectivity index (χ0) is 22.5. The topological polar surface area (TPSA) is 26.3 Å². The monoisotopic (exact) mass is 426 g/mol. The summed E-state index contributed by atoms with van der Waals surface area (Å²) in [6, 6.07) is 33.7. The van der Waals surface area contributed by atoms with Gasteiger partial charge in [0, 0.05) is 11.1 Å². The summed E-state index contributed by atoms with van der Waals surface area (Å²) in [5.74, 6) is -0.390. The Morgan fingerprint density at radius 1 is 0.697 bits per heavy atom. The zero-order valence-corrected chi connectivity index (χ0v) is 18.3. The first kappa shape index (κ1) is 19.5. The lowest BCUT2D eigenvalue weighted by Crippen LogP contribution is -2.13. The molecule has 0 aliphatic rings. The van der Waals surface area contributed by atoms with Crippen molar-refractivity contribution in [2.45, 2.75) is 13.0 Å². The Bertz CT molecular complexity index is 1680. The summed E-state index contributed by atoms with van der Waals surface area (Å²) in [5, 5.41) is 9.43. The fraction of sp³-hybridized carbons (Fsp3) is 0.0645. The van der Waals surface area contributed by atoms with Gasteiger partial charge in [-0.15, -0.1) is 0 Å². The highest BCUT2D eigenvalue weighted by atomic mass is 16.5. The SMILES string of the molecule is C=C(C)C(=O)OC(c1ccc2ccccc2c1)c1ccc2ccc3cccc4ccc1c2c34. The Kier molecular flexibility index (Phi) is 4.41. The smallest absolute Gasteiger partial charge is 0.334 e. The van der Waals surface area contributed by atoms with Crippen molar-refractivity contribution >= 4 is 49.1 Å². The number of ether oxygens (including phenoxy) is 1. The fourth-order valence-corrected chi connectivity index (χ4v) is 4.88. The molecule has 1 unspecified atom stereocenters. The van der Waals surface area contributed by atoms with E-state index in [0.717, 1.165) is 27.3 Å². The molecule has 0 aromatic heterocycles. The van der Waals surface area contributed by atoms with Gasteiger partial charge >= 0.3 is 5.97 Å². The average molecular weight is 427 g/mol. The number of hydrogen-bond acceptors (Lipinski definition) is 2. The summed E-state index contributed by atoms with van der Waals surface area (Å²) in [7, 11) is 0. The van der Waals surface area contributed by atoms with Crippen molar-refractivity contribution in [1.29, 1.82) is 0 Å². The molecule has 0 N–H and O–H groups in total. The second kappa shape index (κ2) is 7.46. The second-order valence-corrected chi connectivity index (χ2v) is 8.68. The molecule has 158 valence electrons. The van der Waals surface area contributed by atoms with Gasteiger partial charge in [0.15, 0.2) is 6.10 Å². The molecule has 2 heteroatoms. The van der Waals surface area contributed by atoms with Crippen LogP contribution in [0.4, 0.5) is 0 Å². The predicted molar refractivity (Wildman–Crippen MR) is 137 cm³/mol. The first-order valence-corrected chi connectivity index (χ1v) is 11.1. The van der Waals surface area contributed by atoms with Gasteiger partial charge in [0.1, 0.15) is 0 Å². The number of fused-ring (bicyclic) bond motifs is 1. The van der Waals surface area contributed by atoms with E-state index in [4.69, 9.17) is 4.74 Å². The van der Waals surface area contributed by atoms with Gasteiger partial charge < -0.3 is 4.74 Å². The van der Waals surface area contributed by atoms with Crippen molar-refractivity contribution in [3.8, 4) is 0 Å². The van der Waals surface area contributed by atoms with Crippen LogP contribution in [0.1, 0.15) is 24.2 Å². The molecule has 6 rings (SSSR count). The lowest BCUT2D eigenvalue weighted by atomic mass is 9.88. The molecule has 2 nitrogen and oxygen atoms in total. The molecule has 0 spiro atoms. The van der Waals surface area contributed by atoms with Crippen LogP contribution in [-0.2, 0) is 9.53 Å². The quantitative estimate of drug-likeness (QED) is 0.162. The first-order valence-electron chi connectivity index (χ1n) is 11.1. The van der Waals surface area contributed by atoms with Gasteiger partial charge in [-0.2, -0.15) is 0 Å². The molecule has 6 aromatic rings. The Morgan fingerprint density at radius 3 is 2.06 bits per heavy atom. The van der Waals surface area contributed by atoms with Gasteiger partial charge in [0.2, 0.25) is 0 Å². The molecule has 0 saturated carbocycles. The number of carbonyl (C=O) groups is 1. The van der Waals surface area contributed by atoms with Crippen LogP contribution in [0.2, 0.25) is 0 Å². The Labute approximate surface area is 192 Å². The van der Waals surface area contributed by atoms with Crippen LogP contribution < -0.4 is 0 Å². The van der Waals surface area contributed by atoms with Gasteiger partial charge in [0.05, 0.1) is 0 Å². The summed E-state index contributed by atoms with van der Waals surface area (Å²) < 4.78 is 6.08. The van der Waals surface area contributed by atoms with Crippen LogP contribution in [0.5, 0.6) is 0 Å². The van der Waals surface area contributed by atoms with Crippen molar-refractivity contribution in [1.82, 2.24) is 0 Å². The summed E-state index contributed by atoms with van der Waals surface area (Å²) in [4.78, 5) is 12.7. The third kappa shape index (κ3) is 3.15. The minimum atomic E-state index is -0.539. The maximum absolute atomic E-state index is 12.7. The highest BCUT2D eigenvalue weighted by molar-refractivity contribution is 6.23. The maximum atomic E-state index is 12.7. The lowest BCUT2D eigenvalue weighted by molar-refractivity contribution is -0.142. The summed E-state index contributed by atoms with van der Waals surface area (Å²) in [5.41, 5.74) is 2.31. The van der Waals surface area contributed by atoms with Crippen molar-refractivity contribution < 1.29 is 9.53 Å². The standard InChI is InChI=1S/C31H22O2/c1-19(2)31(32)33-30(25-13-10-20-6-3-4-7-24(20)18-25)27-17-15-23-12-11-21-8-5-9-22-14-16-26(27)29(23)28(21)22/h3-18,30H,1H2,2H3. The van der Waals surface area contributed by atoms with E-state index in [9.17, 15) is 4.79 Å². The molecule has 0 saturated heterocycles. The predicted octanol–water partition coefficient (Wildman–Crippen LogP) is 7.95. The summed E-state index contributed by atoms with van der Waals surface area (Å²) in [6.07, 6.45) is -0.539.